The van der Waals surface area contributed by atoms with Crippen molar-refractivity contribution >= 4 is 23.4 Å². The van der Waals surface area contributed by atoms with Crippen molar-refractivity contribution in [1.82, 2.24) is 14.8 Å². The maximum atomic E-state index is 13.0. The van der Waals surface area contributed by atoms with Crippen molar-refractivity contribution in [2.24, 2.45) is 7.05 Å². The molecule has 3 rings (SSSR count). The summed E-state index contributed by atoms with van der Waals surface area (Å²) in [5.74, 6) is 0.942. The third-order valence-electron chi connectivity index (χ3n) is 4.81. The van der Waals surface area contributed by atoms with Crippen LogP contribution in [0.3, 0.4) is 0 Å². The van der Waals surface area contributed by atoms with Crippen molar-refractivity contribution in [2.45, 2.75) is 32.3 Å². The topological polar surface area (TPSA) is 74.8 Å². The van der Waals surface area contributed by atoms with Gasteiger partial charge in [-0.2, -0.15) is 5.26 Å². The molecule has 6 nitrogen and oxygen atoms in total. The zero-order valence-corrected chi connectivity index (χ0v) is 18.5. The SMILES string of the molecule is Cc1cc(C)cc(N(CCC#N)C(=O)CSc2nnc(-c3ccccc3C)n2C)c1. The number of aryl methyl sites for hydroxylation is 3. The highest BCUT2D eigenvalue weighted by Crippen LogP contribution is 2.26. The number of nitriles is 1. The molecule has 1 amide bonds. The first kappa shape index (κ1) is 21.6. The third-order valence-corrected chi connectivity index (χ3v) is 5.82. The molecule has 0 aliphatic rings. The molecule has 1 heterocycles. The van der Waals surface area contributed by atoms with E-state index in [-0.39, 0.29) is 18.1 Å². The smallest absolute Gasteiger partial charge is 0.237 e. The molecule has 7 heteroatoms. The molecule has 0 aliphatic carbocycles. The molecule has 0 unspecified atom stereocenters. The summed E-state index contributed by atoms with van der Waals surface area (Å²) in [5, 5.41) is 18.3. The van der Waals surface area contributed by atoms with Gasteiger partial charge in [0.05, 0.1) is 18.2 Å². The Balaban J connectivity index is 1.77. The number of nitrogens with zero attached hydrogens (tertiary/aromatic N) is 5. The van der Waals surface area contributed by atoms with Crippen molar-refractivity contribution < 1.29 is 4.79 Å². The third kappa shape index (κ3) is 4.89. The summed E-state index contributed by atoms with van der Waals surface area (Å²) in [6, 6.07) is 16.2. The molecule has 0 atom stereocenters. The van der Waals surface area contributed by atoms with E-state index >= 15 is 0 Å². The molecular weight excluding hydrogens is 394 g/mol. The second-order valence-corrected chi connectivity index (χ2v) is 8.21. The Bertz CT molecular complexity index is 1080. The van der Waals surface area contributed by atoms with Crippen LogP contribution in [0.15, 0.2) is 47.6 Å². The highest BCUT2D eigenvalue weighted by Gasteiger charge is 2.19. The van der Waals surface area contributed by atoms with Gasteiger partial charge >= 0.3 is 0 Å². The molecule has 0 saturated heterocycles. The van der Waals surface area contributed by atoms with Gasteiger partial charge in [0.15, 0.2) is 11.0 Å². The minimum absolute atomic E-state index is 0.0549. The predicted molar refractivity (Wildman–Crippen MR) is 120 cm³/mol. The average molecular weight is 420 g/mol. The monoisotopic (exact) mass is 419 g/mol. The Hall–Kier alpha value is -3.11. The highest BCUT2D eigenvalue weighted by atomic mass is 32.2. The molecule has 1 aromatic heterocycles. The zero-order valence-electron chi connectivity index (χ0n) is 17.7. The largest absolute Gasteiger partial charge is 0.311 e. The standard InChI is InChI=1S/C23H25N5OS/c1-16-12-17(2)14-19(13-16)28(11-7-10-24)21(29)15-30-23-26-25-22(27(23)4)20-9-6-5-8-18(20)3/h5-6,8-9,12-14H,7,11,15H2,1-4H3. The number of aromatic nitrogens is 3. The maximum Gasteiger partial charge on any atom is 0.237 e. The Kier molecular flexibility index (Phi) is 6.91. The van der Waals surface area contributed by atoms with Crippen LogP contribution in [-0.2, 0) is 11.8 Å². The fourth-order valence-electron chi connectivity index (χ4n) is 3.37. The lowest BCUT2D eigenvalue weighted by Gasteiger charge is -2.22. The molecule has 154 valence electrons. The molecule has 0 saturated carbocycles. The quantitative estimate of drug-likeness (QED) is 0.529. The summed E-state index contributed by atoms with van der Waals surface area (Å²) in [6.45, 7) is 6.42. The Labute approximate surface area is 181 Å². The van der Waals surface area contributed by atoms with Gasteiger partial charge < -0.3 is 9.47 Å². The molecular formula is C23H25N5OS. The van der Waals surface area contributed by atoms with E-state index in [2.05, 4.69) is 22.3 Å². The number of hydrogen-bond acceptors (Lipinski definition) is 5. The first-order valence-corrected chi connectivity index (χ1v) is 10.7. The van der Waals surface area contributed by atoms with E-state index in [0.29, 0.717) is 11.7 Å². The second kappa shape index (κ2) is 9.59. The van der Waals surface area contributed by atoms with Gasteiger partial charge in [-0.25, -0.2) is 0 Å². The first-order valence-electron chi connectivity index (χ1n) is 9.74. The lowest BCUT2D eigenvalue weighted by Crippen LogP contribution is -2.33. The van der Waals surface area contributed by atoms with E-state index < -0.39 is 0 Å². The number of amides is 1. The fourth-order valence-corrected chi connectivity index (χ4v) is 4.16. The molecule has 0 N–H and O–H groups in total. The fraction of sp³-hybridized carbons (Fsp3) is 0.304. The van der Waals surface area contributed by atoms with Gasteiger partial charge in [0.2, 0.25) is 5.91 Å². The van der Waals surface area contributed by atoms with Crippen LogP contribution >= 0.6 is 11.8 Å². The highest BCUT2D eigenvalue weighted by molar-refractivity contribution is 7.99. The van der Waals surface area contributed by atoms with Gasteiger partial charge in [0.1, 0.15) is 0 Å². The molecule has 0 fully saturated rings. The van der Waals surface area contributed by atoms with E-state index in [1.165, 1.54) is 11.8 Å². The molecule has 0 radical (unpaired) electrons. The molecule has 0 bridgehead atoms. The van der Waals surface area contributed by atoms with Crippen molar-refractivity contribution in [3.8, 4) is 17.5 Å². The summed E-state index contributed by atoms with van der Waals surface area (Å²) in [6.07, 6.45) is 0.283. The normalized spacial score (nSPS) is 10.6. The molecule has 30 heavy (non-hydrogen) atoms. The van der Waals surface area contributed by atoms with Crippen LogP contribution in [0.5, 0.6) is 0 Å². The summed E-state index contributed by atoms with van der Waals surface area (Å²) in [7, 11) is 1.91. The number of thioether (sulfide) groups is 1. The Morgan fingerprint density at radius 1 is 1.13 bits per heavy atom. The van der Waals surface area contributed by atoms with Crippen molar-refractivity contribution in [3.63, 3.8) is 0 Å². The average Bonchev–Trinajstić information content (AvgIpc) is 3.06. The summed E-state index contributed by atoms with van der Waals surface area (Å²) in [5.41, 5.74) is 5.15. The number of rotatable bonds is 7. The number of anilines is 1. The van der Waals surface area contributed by atoms with Gasteiger partial charge in [-0.05, 0) is 49.6 Å². The lowest BCUT2D eigenvalue weighted by molar-refractivity contribution is -0.116. The molecule has 0 spiro atoms. The van der Waals surface area contributed by atoms with Crippen LogP contribution < -0.4 is 4.90 Å². The van der Waals surface area contributed by atoms with Gasteiger partial charge in [-0.1, -0.05) is 42.1 Å². The Morgan fingerprint density at radius 2 is 1.83 bits per heavy atom. The van der Waals surface area contributed by atoms with Gasteiger partial charge in [0.25, 0.3) is 0 Å². The summed E-state index contributed by atoms with van der Waals surface area (Å²) >= 11 is 1.36. The van der Waals surface area contributed by atoms with Crippen molar-refractivity contribution in [1.29, 1.82) is 5.26 Å². The minimum Gasteiger partial charge on any atom is -0.311 e. The molecule has 3 aromatic rings. The van der Waals surface area contributed by atoms with Crippen LogP contribution in [0, 0.1) is 32.1 Å². The van der Waals surface area contributed by atoms with E-state index in [4.69, 9.17) is 5.26 Å². The number of carbonyl (C=O) groups is 1. The lowest BCUT2D eigenvalue weighted by atomic mass is 10.1. The van der Waals surface area contributed by atoms with E-state index in [1.807, 2.05) is 68.8 Å². The summed E-state index contributed by atoms with van der Waals surface area (Å²) in [4.78, 5) is 14.7. The van der Waals surface area contributed by atoms with Gasteiger partial charge in [-0.3, -0.25) is 4.79 Å². The van der Waals surface area contributed by atoms with Gasteiger partial charge in [-0.15, -0.1) is 10.2 Å². The van der Waals surface area contributed by atoms with Crippen LogP contribution in [0.2, 0.25) is 0 Å². The number of benzene rings is 2. The summed E-state index contributed by atoms with van der Waals surface area (Å²) < 4.78 is 1.91. The minimum atomic E-state index is -0.0549. The van der Waals surface area contributed by atoms with E-state index in [9.17, 15) is 4.79 Å². The van der Waals surface area contributed by atoms with Crippen LogP contribution in [0.4, 0.5) is 5.69 Å². The van der Waals surface area contributed by atoms with E-state index in [1.54, 1.807) is 4.90 Å². The molecule has 2 aromatic carbocycles. The first-order chi connectivity index (χ1) is 14.4. The van der Waals surface area contributed by atoms with E-state index in [0.717, 1.165) is 33.8 Å². The van der Waals surface area contributed by atoms with Crippen LogP contribution in [-0.4, -0.2) is 33.0 Å². The van der Waals surface area contributed by atoms with Crippen LogP contribution in [0.1, 0.15) is 23.1 Å². The van der Waals surface area contributed by atoms with Crippen molar-refractivity contribution in [3.05, 3.63) is 59.2 Å². The predicted octanol–water partition coefficient (Wildman–Crippen LogP) is 4.45. The zero-order chi connectivity index (χ0) is 21.7. The van der Waals surface area contributed by atoms with Crippen LogP contribution in [0.25, 0.3) is 11.4 Å². The Morgan fingerprint density at radius 3 is 2.50 bits per heavy atom. The number of carbonyl (C=O) groups excluding carboxylic acids is 1. The van der Waals surface area contributed by atoms with Crippen molar-refractivity contribution in [2.75, 3.05) is 17.2 Å². The second-order valence-electron chi connectivity index (χ2n) is 7.27. The van der Waals surface area contributed by atoms with Gasteiger partial charge in [0, 0.05) is 24.8 Å². The molecule has 0 aliphatic heterocycles. The number of hydrogen-bond donors (Lipinski definition) is 0. The maximum absolute atomic E-state index is 13.0.